The second-order valence-corrected chi connectivity index (χ2v) is 8.73. The number of aromatic hydroxyl groups is 1. The van der Waals surface area contributed by atoms with Gasteiger partial charge in [0.15, 0.2) is 5.11 Å². The molecule has 0 saturated carbocycles. The summed E-state index contributed by atoms with van der Waals surface area (Å²) >= 11 is 11.7. The molecule has 1 aliphatic rings. The summed E-state index contributed by atoms with van der Waals surface area (Å²) in [7, 11) is 0. The predicted molar refractivity (Wildman–Crippen MR) is 142 cm³/mol. The summed E-state index contributed by atoms with van der Waals surface area (Å²) in [6.07, 6.45) is 1.81. The fraction of sp³-hybridized carbons (Fsp3) is 0.174. The van der Waals surface area contributed by atoms with Crippen LogP contribution in [0.2, 0.25) is 5.02 Å². The maximum absolute atomic E-state index is 9.44. The minimum absolute atomic E-state index is 0.0565. The van der Waals surface area contributed by atoms with Crippen molar-refractivity contribution in [3.05, 3.63) is 59.8 Å². The zero-order valence-electron chi connectivity index (χ0n) is 18.5. The van der Waals surface area contributed by atoms with Gasteiger partial charge in [-0.2, -0.15) is 15.0 Å². The van der Waals surface area contributed by atoms with Crippen molar-refractivity contribution >= 4 is 69.1 Å². The lowest BCUT2D eigenvalue weighted by Gasteiger charge is -2.37. The molecule has 0 aliphatic carbocycles. The fourth-order valence-corrected chi connectivity index (χ4v) is 4.33. The molecule has 0 spiro atoms. The summed E-state index contributed by atoms with van der Waals surface area (Å²) in [5.74, 6) is 0.743. The number of benzene rings is 2. The SMILES string of the molecule is Nc1nc(NC(=S)N2CCN(c3ccnc4cc(Cl)ccc34)CC2)nc(Nc2ccc(O)cc2)n1. The smallest absolute Gasteiger partial charge is 0.235 e. The third-order valence-electron chi connectivity index (χ3n) is 5.58. The largest absolute Gasteiger partial charge is 0.508 e. The first-order chi connectivity index (χ1) is 16.9. The van der Waals surface area contributed by atoms with Gasteiger partial charge >= 0.3 is 0 Å². The number of hydrogen-bond acceptors (Lipinski definition) is 9. The van der Waals surface area contributed by atoms with Gasteiger partial charge in [0.2, 0.25) is 17.8 Å². The number of phenolic OH excluding ortho intramolecular Hbond substituents is 1. The van der Waals surface area contributed by atoms with Crippen molar-refractivity contribution in [1.82, 2.24) is 24.8 Å². The van der Waals surface area contributed by atoms with Gasteiger partial charge in [-0.05, 0) is 60.7 Å². The fourth-order valence-electron chi connectivity index (χ4n) is 3.89. The minimum Gasteiger partial charge on any atom is -0.508 e. The second kappa shape index (κ2) is 9.72. The Kier molecular flexibility index (Phi) is 6.34. The van der Waals surface area contributed by atoms with Crippen LogP contribution in [0.4, 0.5) is 29.2 Å². The summed E-state index contributed by atoms with van der Waals surface area (Å²) in [6.45, 7) is 3.03. The molecule has 3 heterocycles. The number of halogens is 1. The van der Waals surface area contributed by atoms with Crippen LogP contribution in [0.1, 0.15) is 0 Å². The lowest BCUT2D eigenvalue weighted by atomic mass is 10.1. The number of phenols is 1. The molecule has 0 unspecified atom stereocenters. The number of aromatic nitrogens is 4. The topological polar surface area (TPSA) is 128 Å². The van der Waals surface area contributed by atoms with Crippen LogP contribution in [0.25, 0.3) is 10.9 Å². The first-order valence-corrected chi connectivity index (χ1v) is 11.7. The van der Waals surface area contributed by atoms with Gasteiger partial charge < -0.3 is 31.3 Å². The van der Waals surface area contributed by atoms with E-state index in [4.69, 9.17) is 29.6 Å². The molecular formula is C23H22ClN9OS. The highest BCUT2D eigenvalue weighted by Gasteiger charge is 2.21. The standard InChI is InChI=1S/C23H22ClN9OS/c24-14-1-6-17-18(13-14)26-8-7-19(17)32-9-11-33(12-10-32)23(35)31-22-29-20(25)28-21(30-22)27-15-2-4-16(34)5-3-15/h1-8,13,34H,9-12H2,(H4,25,27,28,29,30,31,35). The average Bonchev–Trinajstić information content (AvgIpc) is 2.84. The van der Waals surface area contributed by atoms with Crippen molar-refractivity contribution in [3.8, 4) is 5.75 Å². The molecule has 35 heavy (non-hydrogen) atoms. The second-order valence-electron chi connectivity index (χ2n) is 7.91. The molecule has 2 aromatic heterocycles. The Morgan fingerprint density at radius 1 is 0.971 bits per heavy atom. The number of rotatable bonds is 4. The number of piperazine rings is 1. The van der Waals surface area contributed by atoms with Gasteiger partial charge in [-0.15, -0.1) is 0 Å². The summed E-state index contributed by atoms with van der Waals surface area (Å²) in [4.78, 5) is 21.4. The third kappa shape index (κ3) is 5.26. The Bertz CT molecular complexity index is 1380. The molecule has 4 aromatic rings. The maximum Gasteiger partial charge on any atom is 0.235 e. The first kappa shape index (κ1) is 22.8. The van der Waals surface area contributed by atoms with E-state index in [1.54, 1.807) is 24.3 Å². The average molecular weight is 508 g/mol. The molecule has 10 nitrogen and oxygen atoms in total. The normalized spacial score (nSPS) is 13.6. The molecule has 178 valence electrons. The van der Waals surface area contributed by atoms with Gasteiger partial charge in [0, 0.05) is 54.2 Å². The third-order valence-corrected chi connectivity index (χ3v) is 6.18. The van der Waals surface area contributed by atoms with Gasteiger partial charge in [-0.1, -0.05) is 11.6 Å². The highest BCUT2D eigenvalue weighted by atomic mass is 35.5. The number of anilines is 5. The molecule has 0 bridgehead atoms. The Labute approximate surface area is 211 Å². The van der Waals surface area contributed by atoms with Crippen molar-refractivity contribution < 1.29 is 5.11 Å². The maximum atomic E-state index is 9.44. The Balaban J connectivity index is 1.23. The molecule has 1 saturated heterocycles. The number of hydrogen-bond donors (Lipinski definition) is 4. The van der Waals surface area contributed by atoms with Crippen molar-refractivity contribution in [2.45, 2.75) is 0 Å². The van der Waals surface area contributed by atoms with Gasteiger partial charge in [-0.25, -0.2) is 0 Å². The van der Waals surface area contributed by atoms with Crippen LogP contribution in [-0.2, 0) is 0 Å². The monoisotopic (exact) mass is 507 g/mol. The minimum atomic E-state index is 0.0565. The summed E-state index contributed by atoms with van der Waals surface area (Å²) in [5, 5.41) is 17.8. The van der Waals surface area contributed by atoms with Crippen molar-refractivity contribution in [3.63, 3.8) is 0 Å². The van der Waals surface area contributed by atoms with E-state index in [9.17, 15) is 5.11 Å². The number of nitrogen functional groups attached to an aromatic ring is 1. The molecule has 12 heteroatoms. The van der Waals surface area contributed by atoms with Gasteiger partial charge in [0.1, 0.15) is 5.75 Å². The molecule has 0 radical (unpaired) electrons. The molecule has 0 atom stereocenters. The van der Waals surface area contributed by atoms with Crippen LogP contribution in [-0.4, -0.2) is 61.2 Å². The summed E-state index contributed by atoms with van der Waals surface area (Å²) in [6, 6.07) is 14.3. The molecule has 0 amide bonds. The van der Waals surface area contributed by atoms with E-state index in [2.05, 4.69) is 40.4 Å². The van der Waals surface area contributed by atoms with E-state index in [1.807, 2.05) is 30.5 Å². The number of nitrogens with one attached hydrogen (secondary N) is 2. The molecule has 1 fully saturated rings. The number of nitrogens with two attached hydrogens (primary N) is 1. The summed E-state index contributed by atoms with van der Waals surface area (Å²) in [5.41, 5.74) is 8.57. The van der Waals surface area contributed by atoms with E-state index in [-0.39, 0.29) is 23.6 Å². The van der Waals surface area contributed by atoms with Crippen molar-refractivity contribution in [2.24, 2.45) is 0 Å². The number of pyridine rings is 1. The molecule has 1 aliphatic heterocycles. The van der Waals surface area contributed by atoms with E-state index in [0.717, 1.165) is 42.8 Å². The molecule has 2 aromatic carbocycles. The highest BCUT2D eigenvalue weighted by molar-refractivity contribution is 7.80. The Morgan fingerprint density at radius 2 is 1.71 bits per heavy atom. The van der Waals surface area contributed by atoms with Crippen LogP contribution in [0.3, 0.4) is 0 Å². The zero-order valence-corrected chi connectivity index (χ0v) is 20.1. The quantitative estimate of drug-likeness (QED) is 0.239. The van der Waals surface area contributed by atoms with Crippen LogP contribution in [0, 0.1) is 0 Å². The molecule has 5 rings (SSSR count). The van der Waals surface area contributed by atoms with E-state index in [0.29, 0.717) is 15.8 Å². The lowest BCUT2D eigenvalue weighted by Crippen LogP contribution is -2.50. The van der Waals surface area contributed by atoms with Crippen LogP contribution in [0.15, 0.2) is 54.7 Å². The van der Waals surface area contributed by atoms with Crippen LogP contribution >= 0.6 is 23.8 Å². The molecule has 5 N–H and O–H groups in total. The van der Waals surface area contributed by atoms with Crippen LogP contribution < -0.4 is 21.3 Å². The van der Waals surface area contributed by atoms with Gasteiger partial charge in [-0.3, -0.25) is 4.98 Å². The number of nitrogens with zero attached hydrogens (tertiary/aromatic N) is 6. The Morgan fingerprint density at radius 3 is 2.49 bits per heavy atom. The summed E-state index contributed by atoms with van der Waals surface area (Å²) < 4.78 is 0. The van der Waals surface area contributed by atoms with E-state index in [1.165, 1.54) is 0 Å². The van der Waals surface area contributed by atoms with E-state index >= 15 is 0 Å². The first-order valence-electron chi connectivity index (χ1n) is 10.9. The van der Waals surface area contributed by atoms with Crippen LogP contribution in [0.5, 0.6) is 5.75 Å². The van der Waals surface area contributed by atoms with Gasteiger partial charge in [0.05, 0.1) is 5.52 Å². The van der Waals surface area contributed by atoms with Crippen molar-refractivity contribution in [1.29, 1.82) is 0 Å². The van der Waals surface area contributed by atoms with E-state index < -0.39 is 0 Å². The molecular weight excluding hydrogens is 486 g/mol. The van der Waals surface area contributed by atoms with Gasteiger partial charge in [0.25, 0.3) is 0 Å². The zero-order chi connectivity index (χ0) is 24.4. The number of thiocarbonyl (C=S) groups is 1. The number of fused-ring (bicyclic) bond motifs is 1. The predicted octanol–water partition coefficient (Wildman–Crippen LogP) is 3.62. The lowest BCUT2D eigenvalue weighted by molar-refractivity contribution is 0.391. The highest BCUT2D eigenvalue weighted by Crippen LogP contribution is 2.28. The van der Waals surface area contributed by atoms with Crippen molar-refractivity contribution in [2.75, 3.05) is 47.4 Å². The Hall–Kier alpha value is -3.96.